The molecule has 2 atom stereocenters. The molecule has 4 rings (SSSR count). The van der Waals surface area contributed by atoms with Crippen LogP contribution in [0.3, 0.4) is 0 Å². The van der Waals surface area contributed by atoms with Gasteiger partial charge in [-0.2, -0.15) is 9.94 Å². The van der Waals surface area contributed by atoms with E-state index in [1.54, 1.807) is 6.92 Å². The molecule has 0 amide bonds. The van der Waals surface area contributed by atoms with Crippen molar-refractivity contribution in [1.29, 1.82) is 5.26 Å². The lowest BCUT2D eigenvalue weighted by Crippen LogP contribution is -2.25. The Morgan fingerprint density at radius 1 is 1.34 bits per heavy atom. The van der Waals surface area contributed by atoms with Crippen LogP contribution in [0.1, 0.15) is 42.3 Å². The Bertz CT molecular complexity index is 1150. The summed E-state index contributed by atoms with van der Waals surface area (Å²) in [6.45, 7) is 2.66. The van der Waals surface area contributed by atoms with Crippen LogP contribution in [-0.2, 0) is 11.3 Å². The first kappa shape index (κ1) is 18.9. The van der Waals surface area contributed by atoms with Crippen molar-refractivity contribution in [2.24, 2.45) is 0 Å². The highest BCUT2D eigenvalue weighted by atomic mass is 19.1. The van der Waals surface area contributed by atoms with Crippen LogP contribution in [-0.4, -0.2) is 26.1 Å². The third kappa shape index (κ3) is 3.19. The van der Waals surface area contributed by atoms with E-state index in [1.165, 1.54) is 10.6 Å². The maximum absolute atomic E-state index is 14.0. The van der Waals surface area contributed by atoms with Gasteiger partial charge in [-0.1, -0.05) is 30.3 Å². The standard InChI is InChI=1S/C21H19FN4O3/c1-2-25-20(19-15(8-9-29-19)14-6-4-3-5-7-14)24-26(21(25)28)17-11-13(12-23)10-16(22)18(17)27/h3-7,10-11,15,19,27H,2,8-9H2,1H3/t15-,19-/m1/s1. The average molecular weight is 394 g/mol. The fraction of sp³-hybridized carbons (Fsp3) is 0.286. The fourth-order valence-electron chi connectivity index (χ4n) is 3.77. The summed E-state index contributed by atoms with van der Waals surface area (Å²) in [6.07, 6.45) is 0.334. The third-order valence-corrected chi connectivity index (χ3v) is 5.18. The van der Waals surface area contributed by atoms with E-state index in [2.05, 4.69) is 5.10 Å². The number of ether oxygens (including phenoxy) is 1. The number of phenolic OH excluding ortho intramolecular Hbond substituents is 1. The Hall–Kier alpha value is -3.44. The molecular formula is C21H19FN4O3. The molecule has 2 heterocycles. The number of benzene rings is 2. The molecule has 0 saturated carbocycles. The van der Waals surface area contributed by atoms with Crippen LogP contribution in [0.15, 0.2) is 47.3 Å². The molecule has 0 spiro atoms. The number of halogens is 1. The van der Waals surface area contributed by atoms with E-state index in [-0.39, 0.29) is 17.2 Å². The average Bonchev–Trinajstić information content (AvgIpc) is 3.35. The van der Waals surface area contributed by atoms with Gasteiger partial charge in [-0.25, -0.2) is 9.18 Å². The van der Waals surface area contributed by atoms with Crippen LogP contribution in [0.5, 0.6) is 5.75 Å². The van der Waals surface area contributed by atoms with Crippen molar-refractivity contribution in [1.82, 2.24) is 14.3 Å². The Morgan fingerprint density at radius 2 is 2.10 bits per heavy atom. The SMILES string of the molecule is CCn1c([C@@H]2OCC[C@@H]2c2ccccc2)nn(-c2cc(C#N)cc(F)c2O)c1=O. The zero-order valence-electron chi connectivity index (χ0n) is 15.7. The number of phenols is 1. The number of hydrogen-bond donors (Lipinski definition) is 1. The maximum Gasteiger partial charge on any atom is 0.350 e. The van der Waals surface area contributed by atoms with Crippen molar-refractivity contribution in [3.63, 3.8) is 0 Å². The molecule has 0 aliphatic carbocycles. The molecule has 1 aliphatic rings. The summed E-state index contributed by atoms with van der Waals surface area (Å²) < 4.78 is 22.3. The molecule has 2 aromatic carbocycles. The van der Waals surface area contributed by atoms with Crippen molar-refractivity contribution < 1.29 is 14.2 Å². The van der Waals surface area contributed by atoms with Crippen molar-refractivity contribution in [3.05, 3.63) is 75.7 Å². The van der Waals surface area contributed by atoms with Gasteiger partial charge in [0.1, 0.15) is 11.8 Å². The van der Waals surface area contributed by atoms with Gasteiger partial charge in [0.15, 0.2) is 17.4 Å². The topological polar surface area (TPSA) is 93.1 Å². The van der Waals surface area contributed by atoms with Gasteiger partial charge in [0.2, 0.25) is 0 Å². The van der Waals surface area contributed by atoms with Crippen LogP contribution in [0.4, 0.5) is 4.39 Å². The summed E-state index contributed by atoms with van der Waals surface area (Å²) in [5.41, 5.74) is 0.359. The van der Waals surface area contributed by atoms with Gasteiger partial charge in [-0.05, 0) is 31.0 Å². The number of nitriles is 1. The Balaban J connectivity index is 1.85. The molecule has 29 heavy (non-hydrogen) atoms. The van der Waals surface area contributed by atoms with Crippen molar-refractivity contribution in [3.8, 4) is 17.5 Å². The van der Waals surface area contributed by atoms with Crippen LogP contribution in [0, 0.1) is 17.1 Å². The maximum atomic E-state index is 14.0. The second-order valence-corrected chi connectivity index (χ2v) is 6.83. The smallest absolute Gasteiger partial charge is 0.350 e. The number of aromatic hydroxyl groups is 1. The summed E-state index contributed by atoms with van der Waals surface area (Å²) in [7, 11) is 0. The normalized spacial score (nSPS) is 18.7. The lowest BCUT2D eigenvalue weighted by Gasteiger charge is -2.18. The van der Waals surface area contributed by atoms with E-state index >= 15 is 0 Å². The summed E-state index contributed by atoms with van der Waals surface area (Å²) in [5.74, 6) is -1.29. The summed E-state index contributed by atoms with van der Waals surface area (Å²) >= 11 is 0. The van der Waals surface area contributed by atoms with Gasteiger partial charge >= 0.3 is 5.69 Å². The monoisotopic (exact) mass is 394 g/mol. The van der Waals surface area contributed by atoms with E-state index in [0.717, 1.165) is 22.7 Å². The highest BCUT2D eigenvalue weighted by molar-refractivity contribution is 5.51. The molecule has 1 aromatic heterocycles. The molecule has 148 valence electrons. The first-order valence-electron chi connectivity index (χ1n) is 9.34. The van der Waals surface area contributed by atoms with Gasteiger partial charge in [0, 0.05) is 19.1 Å². The van der Waals surface area contributed by atoms with Gasteiger partial charge in [-0.3, -0.25) is 4.57 Å². The second kappa shape index (κ2) is 7.53. The van der Waals surface area contributed by atoms with E-state index < -0.39 is 23.4 Å². The Kier molecular flexibility index (Phi) is 4.91. The molecule has 1 saturated heterocycles. The molecule has 0 unspecified atom stereocenters. The number of rotatable bonds is 4. The zero-order chi connectivity index (χ0) is 20.5. The van der Waals surface area contributed by atoms with Gasteiger partial charge in [0.05, 0.1) is 11.6 Å². The van der Waals surface area contributed by atoms with Gasteiger partial charge < -0.3 is 9.84 Å². The number of hydrogen-bond acceptors (Lipinski definition) is 5. The minimum absolute atomic E-state index is 0.0194. The first-order valence-corrected chi connectivity index (χ1v) is 9.34. The quantitative estimate of drug-likeness (QED) is 0.734. The molecule has 1 aliphatic heterocycles. The molecule has 3 aromatic rings. The van der Waals surface area contributed by atoms with Crippen LogP contribution >= 0.6 is 0 Å². The van der Waals surface area contributed by atoms with Crippen molar-refractivity contribution in [2.45, 2.75) is 31.9 Å². The zero-order valence-corrected chi connectivity index (χ0v) is 15.7. The largest absolute Gasteiger partial charge is 0.503 e. The molecule has 0 bridgehead atoms. The van der Waals surface area contributed by atoms with Gasteiger partial charge in [0.25, 0.3) is 0 Å². The van der Waals surface area contributed by atoms with E-state index in [1.807, 2.05) is 36.4 Å². The number of aromatic nitrogens is 3. The predicted molar refractivity (Wildman–Crippen MR) is 102 cm³/mol. The minimum atomic E-state index is -0.988. The first-order chi connectivity index (χ1) is 14.0. The van der Waals surface area contributed by atoms with Crippen molar-refractivity contribution >= 4 is 0 Å². The fourth-order valence-corrected chi connectivity index (χ4v) is 3.77. The lowest BCUT2D eigenvalue weighted by molar-refractivity contribution is 0.0935. The van der Waals surface area contributed by atoms with E-state index in [4.69, 9.17) is 10.00 Å². The summed E-state index contributed by atoms with van der Waals surface area (Å²) in [4.78, 5) is 13.0. The molecule has 1 fully saturated rings. The van der Waals surface area contributed by atoms with E-state index in [0.29, 0.717) is 19.0 Å². The molecule has 8 heteroatoms. The third-order valence-electron chi connectivity index (χ3n) is 5.18. The highest BCUT2D eigenvalue weighted by Crippen LogP contribution is 2.41. The summed E-state index contributed by atoms with van der Waals surface area (Å²) in [5, 5.41) is 23.6. The molecule has 0 radical (unpaired) electrons. The Labute approximate surface area is 166 Å². The molecule has 1 N–H and O–H groups in total. The number of nitrogens with zero attached hydrogens (tertiary/aromatic N) is 4. The minimum Gasteiger partial charge on any atom is -0.503 e. The van der Waals surface area contributed by atoms with Crippen molar-refractivity contribution in [2.75, 3.05) is 6.61 Å². The lowest BCUT2D eigenvalue weighted by atomic mass is 9.92. The van der Waals surface area contributed by atoms with E-state index in [9.17, 15) is 14.3 Å². The predicted octanol–water partition coefficient (Wildman–Crippen LogP) is 3.02. The Morgan fingerprint density at radius 3 is 2.79 bits per heavy atom. The highest BCUT2D eigenvalue weighted by Gasteiger charge is 2.36. The van der Waals surface area contributed by atoms with Crippen LogP contribution in [0.2, 0.25) is 0 Å². The van der Waals surface area contributed by atoms with Crippen LogP contribution in [0.25, 0.3) is 5.69 Å². The summed E-state index contributed by atoms with van der Waals surface area (Å²) in [6, 6.07) is 13.8. The van der Waals surface area contributed by atoms with Gasteiger partial charge in [-0.15, -0.1) is 5.10 Å². The van der Waals surface area contributed by atoms with Crippen LogP contribution < -0.4 is 5.69 Å². The second-order valence-electron chi connectivity index (χ2n) is 6.83. The molecule has 7 nitrogen and oxygen atoms in total. The molecular weight excluding hydrogens is 375 g/mol.